The van der Waals surface area contributed by atoms with Gasteiger partial charge in [-0.1, -0.05) is 24.3 Å². The first-order valence-corrected chi connectivity index (χ1v) is 7.10. The molecule has 1 atom stereocenters. The Bertz CT molecular complexity index is 530. The molecule has 3 rings (SSSR count). The highest BCUT2D eigenvalue weighted by atomic mass is 16.2. The second kappa shape index (κ2) is 5.63. The molecule has 20 heavy (non-hydrogen) atoms. The largest absolute Gasteiger partial charge is 0.354 e. The zero-order valence-corrected chi connectivity index (χ0v) is 11.4. The van der Waals surface area contributed by atoms with E-state index in [9.17, 15) is 9.59 Å². The Morgan fingerprint density at radius 3 is 3.00 bits per heavy atom. The molecule has 1 fully saturated rings. The molecule has 1 unspecified atom stereocenters. The van der Waals surface area contributed by atoms with Crippen LogP contribution in [-0.2, 0) is 16.1 Å². The first-order valence-electron chi connectivity index (χ1n) is 7.10. The Morgan fingerprint density at radius 2 is 2.10 bits per heavy atom. The number of carbonyl (C=O) groups is 2. The van der Waals surface area contributed by atoms with Crippen molar-refractivity contribution in [2.75, 3.05) is 26.2 Å². The van der Waals surface area contributed by atoms with Crippen LogP contribution in [-0.4, -0.2) is 42.9 Å². The van der Waals surface area contributed by atoms with E-state index >= 15 is 0 Å². The van der Waals surface area contributed by atoms with Gasteiger partial charge >= 0.3 is 0 Å². The van der Waals surface area contributed by atoms with Crippen LogP contribution in [0.2, 0.25) is 0 Å². The Kier molecular flexibility index (Phi) is 3.69. The average molecular weight is 273 g/mol. The van der Waals surface area contributed by atoms with Crippen molar-refractivity contribution in [3.63, 3.8) is 0 Å². The number of hydrogen-bond donors (Lipinski definition) is 2. The molecule has 2 heterocycles. The molecule has 0 radical (unpaired) electrons. The number of hydrogen-bond acceptors (Lipinski definition) is 3. The fourth-order valence-corrected chi connectivity index (χ4v) is 2.92. The number of carbonyl (C=O) groups excluding carboxylic acids is 2. The molecule has 2 N–H and O–H groups in total. The van der Waals surface area contributed by atoms with Gasteiger partial charge in [0.25, 0.3) is 0 Å². The van der Waals surface area contributed by atoms with Crippen molar-refractivity contribution < 1.29 is 9.59 Å². The third kappa shape index (κ3) is 2.54. The Morgan fingerprint density at radius 1 is 1.25 bits per heavy atom. The molecule has 5 heteroatoms. The van der Waals surface area contributed by atoms with E-state index in [0.717, 1.165) is 12.1 Å². The van der Waals surface area contributed by atoms with Gasteiger partial charge in [-0.25, -0.2) is 0 Å². The van der Waals surface area contributed by atoms with E-state index < -0.39 is 0 Å². The summed E-state index contributed by atoms with van der Waals surface area (Å²) >= 11 is 0. The fourth-order valence-electron chi connectivity index (χ4n) is 2.92. The van der Waals surface area contributed by atoms with Gasteiger partial charge < -0.3 is 15.5 Å². The SMILES string of the molecule is O=C1CCN(C(=O)C2CNCc3ccccc32)CCN1. The van der Waals surface area contributed by atoms with Gasteiger partial charge in [-0.05, 0) is 11.1 Å². The minimum atomic E-state index is -0.131. The highest BCUT2D eigenvalue weighted by Gasteiger charge is 2.30. The van der Waals surface area contributed by atoms with Gasteiger partial charge in [0.05, 0.1) is 5.92 Å². The average Bonchev–Trinajstić information content (AvgIpc) is 2.71. The quantitative estimate of drug-likeness (QED) is 0.769. The van der Waals surface area contributed by atoms with Gasteiger partial charge in [-0.15, -0.1) is 0 Å². The van der Waals surface area contributed by atoms with Crippen LogP contribution in [0.25, 0.3) is 0 Å². The molecule has 0 spiro atoms. The maximum atomic E-state index is 12.7. The molecule has 1 aromatic carbocycles. The minimum Gasteiger partial charge on any atom is -0.354 e. The normalized spacial score (nSPS) is 22.7. The van der Waals surface area contributed by atoms with E-state index in [2.05, 4.69) is 16.7 Å². The number of benzene rings is 1. The molecule has 2 aliphatic rings. The molecule has 0 aliphatic carbocycles. The molecule has 106 valence electrons. The molecule has 0 aromatic heterocycles. The lowest BCUT2D eigenvalue weighted by Crippen LogP contribution is -2.42. The Hall–Kier alpha value is -1.88. The smallest absolute Gasteiger partial charge is 0.231 e. The molecule has 5 nitrogen and oxygen atoms in total. The molecule has 0 bridgehead atoms. The van der Waals surface area contributed by atoms with E-state index in [-0.39, 0.29) is 17.7 Å². The first kappa shape index (κ1) is 13.1. The van der Waals surface area contributed by atoms with E-state index in [0.29, 0.717) is 32.6 Å². The van der Waals surface area contributed by atoms with Gasteiger partial charge in [0.15, 0.2) is 0 Å². The summed E-state index contributed by atoms with van der Waals surface area (Å²) in [6, 6.07) is 8.09. The first-order chi connectivity index (χ1) is 9.75. The zero-order chi connectivity index (χ0) is 13.9. The lowest BCUT2D eigenvalue weighted by atomic mass is 9.90. The van der Waals surface area contributed by atoms with Crippen molar-refractivity contribution in [1.82, 2.24) is 15.5 Å². The van der Waals surface area contributed by atoms with E-state index in [1.54, 1.807) is 0 Å². The predicted molar refractivity (Wildman–Crippen MR) is 75.1 cm³/mol. The number of amides is 2. The van der Waals surface area contributed by atoms with E-state index in [4.69, 9.17) is 0 Å². The van der Waals surface area contributed by atoms with Crippen molar-refractivity contribution in [2.24, 2.45) is 0 Å². The third-order valence-electron chi connectivity index (χ3n) is 4.02. The van der Waals surface area contributed by atoms with Crippen LogP contribution in [0.1, 0.15) is 23.5 Å². The van der Waals surface area contributed by atoms with Gasteiger partial charge in [-0.2, -0.15) is 0 Å². The maximum Gasteiger partial charge on any atom is 0.231 e. The third-order valence-corrected chi connectivity index (χ3v) is 4.02. The van der Waals surface area contributed by atoms with Crippen LogP contribution in [0.3, 0.4) is 0 Å². The molecule has 2 amide bonds. The summed E-state index contributed by atoms with van der Waals surface area (Å²) in [5.74, 6) is 0.0248. The second-order valence-corrected chi connectivity index (χ2v) is 5.31. The molecule has 1 saturated heterocycles. The predicted octanol–water partition coefficient (Wildman–Crippen LogP) is 0.222. The summed E-state index contributed by atoms with van der Waals surface area (Å²) in [7, 11) is 0. The fraction of sp³-hybridized carbons (Fsp3) is 0.467. The number of fused-ring (bicyclic) bond motifs is 1. The maximum absolute atomic E-state index is 12.7. The summed E-state index contributed by atoms with van der Waals surface area (Å²) in [6.45, 7) is 3.16. The molecule has 0 saturated carbocycles. The van der Waals surface area contributed by atoms with Crippen LogP contribution in [0.5, 0.6) is 0 Å². The van der Waals surface area contributed by atoms with Crippen molar-refractivity contribution in [3.05, 3.63) is 35.4 Å². The monoisotopic (exact) mass is 273 g/mol. The lowest BCUT2D eigenvalue weighted by molar-refractivity contribution is -0.132. The zero-order valence-electron chi connectivity index (χ0n) is 11.4. The van der Waals surface area contributed by atoms with Gasteiger partial charge in [0.1, 0.15) is 0 Å². The number of nitrogens with one attached hydrogen (secondary N) is 2. The summed E-state index contributed by atoms with van der Waals surface area (Å²) < 4.78 is 0. The van der Waals surface area contributed by atoms with Crippen LogP contribution < -0.4 is 10.6 Å². The van der Waals surface area contributed by atoms with Gasteiger partial charge in [0, 0.05) is 39.1 Å². The van der Waals surface area contributed by atoms with Crippen LogP contribution in [0, 0.1) is 0 Å². The van der Waals surface area contributed by atoms with Crippen molar-refractivity contribution in [3.8, 4) is 0 Å². The van der Waals surface area contributed by atoms with Crippen LogP contribution in [0.4, 0.5) is 0 Å². The van der Waals surface area contributed by atoms with E-state index in [1.807, 2.05) is 23.1 Å². The summed E-state index contributed by atoms with van der Waals surface area (Å²) in [6.07, 6.45) is 0.396. The Balaban J connectivity index is 1.79. The standard InChI is InChI=1S/C15H19N3O2/c19-14-5-7-18(8-6-17-14)15(20)13-10-16-9-11-3-1-2-4-12(11)13/h1-4,13,16H,5-10H2,(H,17,19). The number of nitrogens with zero attached hydrogens (tertiary/aromatic N) is 1. The molecule has 2 aliphatic heterocycles. The van der Waals surface area contributed by atoms with Crippen LogP contribution >= 0.6 is 0 Å². The summed E-state index contributed by atoms with van der Waals surface area (Å²) in [5, 5.41) is 6.11. The highest BCUT2D eigenvalue weighted by molar-refractivity contribution is 5.86. The van der Waals surface area contributed by atoms with Crippen LogP contribution in [0.15, 0.2) is 24.3 Å². The number of rotatable bonds is 1. The van der Waals surface area contributed by atoms with Gasteiger partial charge in [-0.3, -0.25) is 9.59 Å². The topological polar surface area (TPSA) is 61.4 Å². The van der Waals surface area contributed by atoms with Gasteiger partial charge in [0.2, 0.25) is 11.8 Å². The summed E-state index contributed by atoms with van der Waals surface area (Å²) in [4.78, 5) is 25.9. The van der Waals surface area contributed by atoms with Crippen molar-refractivity contribution >= 4 is 11.8 Å². The molecular formula is C15H19N3O2. The Labute approximate surface area is 118 Å². The highest BCUT2D eigenvalue weighted by Crippen LogP contribution is 2.25. The minimum absolute atomic E-state index is 0.0301. The van der Waals surface area contributed by atoms with Crippen molar-refractivity contribution in [1.29, 1.82) is 0 Å². The second-order valence-electron chi connectivity index (χ2n) is 5.31. The molecule has 1 aromatic rings. The van der Waals surface area contributed by atoms with E-state index in [1.165, 1.54) is 5.56 Å². The molecular weight excluding hydrogens is 254 g/mol. The van der Waals surface area contributed by atoms with Crippen molar-refractivity contribution in [2.45, 2.75) is 18.9 Å². The lowest BCUT2D eigenvalue weighted by Gasteiger charge is -2.30. The summed E-state index contributed by atoms with van der Waals surface area (Å²) in [5.41, 5.74) is 2.32.